The Hall–Kier alpha value is -2.65. The highest BCUT2D eigenvalue weighted by molar-refractivity contribution is 5.79. The van der Waals surface area contributed by atoms with Gasteiger partial charge in [0, 0.05) is 52.4 Å². The number of aryl methyl sites for hydroxylation is 1. The Balaban J connectivity index is 1.40. The van der Waals surface area contributed by atoms with Crippen LogP contribution in [0.2, 0.25) is 0 Å². The molecular weight excluding hydrogens is 380 g/mol. The number of aromatic nitrogens is 3. The Morgan fingerprint density at radius 1 is 1.13 bits per heavy atom. The molecular formula is C21H32N8O. The number of guanidine groups is 1. The molecule has 3 fully saturated rings. The van der Waals surface area contributed by atoms with Gasteiger partial charge in [-0.3, -0.25) is 9.80 Å². The van der Waals surface area contributed by atoms with Gasteiger partial charge in [0.15, 0.2) is 11.8 Å². The summed E-state index contributed by atoms with van der Waals surface area (Å²) in [5.41, 5.74) is 1.14. The molecule has 2 aromatic rings. The first-order valence-electron chi connectivity index (χ1n) is 10.6. The highest BCUT2D eigenvalue weighted by atomic mass is 16.5. The van der Waals surface area contributed by atoms with Crippen LogP contribution in [0.15, 0.2) is 29.3 Å². The first-order valence-corrected chi connectivity index (χ1v) is 10.6. The van der Waals surface area contributed by atoms with Crippen LogP contribution in [0.4, 0.5) is 0 Å². The molecule has 2 N–H and O–H groups in total. The lowest BCUT2D eigenvalue weighted by molar-refractivity contribution is 0.0154. The second-order valence-electron chi connectivity index (χ2n) is 7.96. The van der Waals surface area contributed by atoms with Crippen molar-refractivity contribution in [1.82, 2.24) is 35.2 Å². The van der Waals surface area contributed by atoms with Crippen molar-refractivity contribution in [3.8, 4) is 5.75 Å². The molecule has 9 heteroatoms. The van der Waals surface area contributed by atoms with E-state index in [4.69, 9.17) is 9.73 Å². The molecule has 0 aliphatic carbocycles. The fourth-order valence-electron chi connectivity index (χ4n) is 3.98. The minimum atomic E-state index is 0.526. The van der Waals surface area contributed by atoms with Gasteiger partial charge in [-0.15, -0.1) is 10.2 Å². The maximum atomic E-state index is 5.24. The second-order valence-corrected chi connectivity index (χ2v) is 7.96. The maximum absolute atomic E-state index is 5.24. The van der Waals surface area contributed by atoms with Crippen LogP contribution < -0.4 is 15.4 Å². The topological polar surface area (TPSA) is 82.8 Å². The zero-order valence-corrected chi connectivity index (χ0v) is 18.1. The molecule has 1 atom stereocenters. The van der Waals surface area contributed by atoms with E-state index in [2.05, 4.69) is 30.6 Å². The van der Waals surface area contributed by atoms with Gasteiger partial charge in [-0.1, -0.05) is 12.1 Å². The number of benzene rings is 1. The smallest absolute Gasteiger partial charge is 0.192 e. The molecule has 3 aliphatic heterocycles. The average molecular weight is 413 g/mol. The number of ether oxygens (including phenoxy) is 1. The molecule has 1 unspecified atom stereocenters. The van der Waals surface area contributed by atoms with Crippen LogP contribution >= 0.6 is 0 Å². The molecule has 0 radical (unpaired) electrons. The zero-order chi connectivity index (χ0) is 20.9. The van der Waals surface area contributed by atoms with Crippen LogP contribution in [-0.4, -0.2) is 82.9 Å². The third-order valence-corrected chi connectivity index (χ3v) is 6.07. The van der Waals surface area contributed by atoms with Gasteiger partial charge in [-0.05, 0) is 24.6 Å². The molecule has 3 aliphatic rings. The van der Waals surface area contributed by atoms with E-state index in [9.17, 15) is 0 Å². The van der Waals surface area contributed by atoms with Gasteiger partial charge in [0.2, 0.25) is 0 Å². The second kappa shape index (κ2) is 9.44. The Kier molecular flexibility index (Phi) is 6.49. The van der Waals surface area contributed by atoms with Crippen LogP contribution in [-0.2, 0) is 20.1 Å². The van der Waals surface area contributed by atoms with Crippen molar-refractivity contribution in [3.63, 3.8) is 0 Å². The molecule has 162 valence electrons. The Labute approximate surface area is 178 Å². The molecule has 0 saturated carbocycles. The molecule has 9 nitrogen and oxygen atoms in total. The van der Waals surface area contributed by atoms with Crippen LogP contribution in [0.1, 0.15) is 17.2 Å². The van der Waals surface area contributed by atoms with E-state index in [-0.39, 0.29) is 0 Å². The Morgan fingerprint density at radius 3 is 2.50 bits per heavy atom. The molecule has 4 heterocycles. The van der Waals surface area contributed by atoms with Gasteiger partial charge in [-0.2, -0.15) is 0 Å². The molecule has 2 bridgehead atoms. The van der Waals surface area contributed by atoms with Crippen molar-refractivity contribution < 1.29 is 4.74 Å². The van der Waals surface area contributed by atoms with Gasteiger partial charge < -0.3 is 19.9 Å². The summed E-state index contributed by atoms with van der Waals surface area (Å²) in [6.45, 7) is 9.84. The van der Waals surface area contributed by atoms with Crippen molar-refractivity contribution in [3.05, 3.63) is 41.5 Å². The number of piperazine rings is 3. The van der Waals surface area contributed by atoms with E-state index in [0.29, 0.717) is 19.1 Å². The fourth-order valence-corrected chi connectivity index (χ4v) is 3.98. The minimum absolute atomic E-state index is 0.526. The first-order chi connectivity index (χ1) is 14.6. The average Bonchev–Trinajstić information content (AvgIpc) is 3.12. The normalized spacial score (nSPS) is 23.4. The molecule has 5 rings (SSSR count). The van der Waals surface area contributed by atoms with Crippen molar-refractivity contribution in [2.75, 3.05) is 46.4 Å². The molecule has 30 heavy (non-hydrogen) atoms. The van der Waals surface area contributed by atoms with E-state index < -0.39 is 0 Å². The highest BCUT2D eigenvalue weighted by Crippen LogP contribution is 2.15. The molecule has 0 spiro atoms. The van der Waals surface area contributed by atoms with Crippen LogP contribution in [0.5, 0.6) is 5.75 Å². The van der Waals surface area contributed by atoms with Crippen molar-refractivity contribution in [1.29, 1.82) is 0 Å². The monoisotopic (exact) mass is 412 g/mol. The Morgan fingerprint density at radius 2 is 1.90 bits per heavy atom. The number of hydrogen-bond acceptors (Lipinski definition) is 6. The predicted octanol–water partition coefficient (Wildman–Crippen LogP) is 0.367. The molecule has 1 aromatic heterocycles. The number of nitrogens with zero attached hydrogens (tertiary/aromatic N) is 6. The van der Waals surface area contributed by atoms with E-state index in [1.807, 2.05) is 42.8 Å². The van der Waals surface area contributed by atoms with E-state index in [0.717, 1.165) is 55.1 Å². The van der Waals surface area contributed by atoms with Gasteiger partial charge in [-0.25, -0.2) is 4.99 Å². The predicted molar refractivity (Wildman–Crippen MR) is 117 cm³/mol. The van der Waals surface area contributed by atoms with Gasteiger partial charge >= 0.3 is 0 Å². The molecule has 1 aromatic carbocycles. The summed E-state index contributed by atoms with van der Waals surface area (Å²) in [5, 5.41) is 15.4. The third-order valence-electron chi connectivity index (χ3n) is 6.07. The number of hydrogen-bond donors (Lipinski definition) is 2. The summed E-state index contributed by atoms with van der Waals surface area (Å²) in [6.07, 6.45) is 0. The lowest BCUT2D eigenvalue weighted by atomic mass is 10.1. The number of methoxy groups -OCH3 is 1. The summed E-state index contributed by atoms with van der Waals surface area (Å²) in [4.78, 5) is 9.95. The zero-order valence-electron chi connectivity index (χ0n) is 18.1. The number of rotatable bonds is 7. The fraction of sp³-hybridized carbons (Fsp3) is 0.571. The first kappa shape index (κ1) is 20.6. The number of nitrogens with one attached hydrogen (secondary N) is 2. The summed E-state index contributed by atoms with van der Waals surface area (Å²) >= 11 is 0. The number of fused-ring (bicyclic) bond motifs is 3. The van der Waals surface area contributed by atoms with Crippen molar-refractivity contribution in [2.24, 2.45) is 12.0 Å². The molecule has 3 saturated heterocycles. The largest absolute Gasteiger partial charge is 0.497 e. The van der Waals surface area contributed by atoms with Gasteiger partial charge in [0.1, 0.15) is 11.6 Å². The molecule has 0 amide bonds. The summed E-state index contributed by atoms with van der Waals surface area (Å²) in [5.74, 6) is 3.44. The standard InChI is InChI=1S/C21H32N8O/c1-16-25-26-20(27(16)2)14-24-21(22-12-17-4-6-19(30-3)7-5-17)23-13-18-15-28-8-10-29(18)11-9-28/h4-7,18H,8-15H2,1-3H3,(H2,22,23,24). The van der Waals surface area contributed by atoms with E-state index in [1.54, 1.807) is 7.11 Å². The highest BCUT2D eigenvalue weighted by Gasteiger charge is 2.31. The van der Waals surface area contributed by atoms with Crippen LogP contribution in [0.3, 0.4) is 0 Å². The summed E-state index contributed by atoms with van der Waals surface area (Å²) in [6, 6.07) is 8.55. The lowest BCUT2D eigenvalue weighted by Gasteiger charge is -2.47. The summed E-state index contributed by atoms with van der Waals surface area (Å²) < 4.78 is 7.23. The number of aliphatic imine (C=N–C) groups is 1. The quantitative estimate of drug-likeness (QED) is 0.502. The van der Waals surface area contributed by atoms with Gasteiger partial charge in [0.25, 0.3) is 0 Å². The third kappa shape index (κ3) is 4.91. The Bertz CT molecular complexity index is 854. The van der Waals surface area contributed by atoms with Crippen molar-refractivity contribution in [2.45, 2.75) is 26.1 Å². The van der Waals surface area contributed by atoms with Crippen LogP contribution in [0, 0.1) is 6.92 Å². The maximum Gasteiger partial charge on any atom is 0.192 e. The van der Waals surface area contributed by atoms with Crippen LogP contribution in [0.25, 0.3) is 0 Å². The van der Waals surface area contributed by atoms with E-state index >= 15 is 0 Å². The van der Waals surface area contributed by atoms with Gasteiger partial charge in [0.05, 0.1) is 20.2 Å². The van der Waals surface area contributed by atoms with E-state index in [1.165, 1.54) is 13.1 Å². The lowest BCUT2D eigenvalue weighted by Crippen LogP contribution is -2.63. The SMILES string of the molecule is COc1ccc(CN=C(NCc2nnc(C)n2C)NCC2CN3CCN2CC3)cc1. The minimum Gasteiger partial charge on any atom is -0.497 e. The van der Waals surface area contributed by atoms with Crippen molar-refractivity contribution >= 4 is 5.96 Å². The summed E-state index contributed by atoms with van der Waals surface area (Å²) in [7, 11) is 3.66.